The maximum Gasteiger partial charge on any atom is 0.373 e. The zero-order valence-electron chi connectivity index (χ0n) is 31.4. The van der Waals surface area contributed by atoms with Crippen LogP contribution < -0.4 is 26.4 Å². The van der Waals surface area contributed by atoms with Crippen molar-refractivity contribution in [3.63, 3.8) is 0 Å². The number of hydrogen-bond acceptors (Lipinski definition) is 3. The van der Waals surface area contributed by atoms with Gasteiger partial charge in [0.05, 0.1) is 5.39 Å². The van der Waals surface area contributed by atoms with Gasteiger partial charge >= 0.3 is 5.88 Å². The fraction of sp³-hybridized carbons (Fsp3) is 0.0244. The van der Waals surface area contributed by atoms with Gasteiger partial charge in [-0.2, -0.15) is 4.57 Å². The fourth-order valence-corrected chi connectivity index (χ4v) is 7.16. The second-order valence-corrected chi connectivity index (χ2v) is 13.6. The van der Waals surface area contributed by atoms with E-state index < -0.39 is 144 Å². The van der Waals surface area contributed by atoms with E-state index >= 15 is 35.1 Å². The molecule has 0 bridgehead atoms. The molecular formula is C41H14BF20NO3. The lowest BCUT2D eigenvalue weighted by Gasteiger charge is -2.44. The van der Waals surface area contributed by atoms with Crippen LogP contribution in [0.4, 0.5) is 87.8 Å². The molecule has 1 aromatic heterocycles. The number of phenols is 1. The lowest BCUT2D eigenvalue weighted by Crippen LogP contribution is -2.81. The van der Waals surface area contributed by atoms with Gasteiger partial charge < -0.3 is 10.2 Å². The zero-order chi connectivity index (χ0) is 49.2. The highest BCUT2D eigenvalue weighted by Gasteiger charge is 2.52. The molecule has 4 nitrogen and oxygen atoms in total. The molecule has 0 saturated heterocycles. The third-order valence-electron chi connectivity index (χ3n) is 10.1. The number of carbonyl (C=O) groups excluding carboxylic acids is 1. The Morgan fingerprint density at radius 2 is 0.712 bits per heavy atom. The molecule has 0 unspecified atom stereocenters. The molecular weight excluding hydrogens is 945 g/mol. The number of fused-ring (bicyclic) bond motifs is 1. The maximum absolute atomic E-state index is 15.4. The molecule has 6 aromatic carbocycles. The Morgan fingerprint density at radius 1 is 0.409 bits per heavy atom. The van der Waals surface area contributed by atoms with Crippen LogP contribution in [0.15, 0.2) is 60.8 Å². The first kappa shape index (κ1) is 48.1. The zero-order valence-corrected chi connectivity index (χ0v) is 31.4. The molecule has 0 amide bonds. The number of nitrogens with zero attached hydrogens (tertiary/aromatic N) is 1. The Labute approximate surface area is 352 Å². The van der Waals surface area contributed by atoms with E-state index in [2.05, 4.69) is 0 Å². The van der Waals surface area contributed by atoms with Crippen LogP contribution in [0.2, 0.25) is 0 Å². The van der Waals surface area contributed by atoms with Crippen LogP contribution in [0.5, 0.6) is 11.6 Å². The van der Waals surface area contributed by atoms with Gasteiger partial charge in [-0.05, 0) is 18.2 Å². The number of phenolic OH excluding ortho intramolecular Hbond substituents is 1. The summed E-state index contributed by atoms with van der Waals surface area (Å²) >= 11 is 0. The highest BCUT2D eigenvalue weighted by atomic mass is 19.2. The molecule has 2 N–H and O–H groups in total. The summed E-state index contributed by atoms with van der Waals surface area (Å²) in [5.74, 6) is -71.3. The number of benzene rings is 6. The van der Waals surface area contributed by atoms with Gasteiger partial charge in [-0.15, -0.1) is 21.9 Å². The number of ketones is 1. The van der Waals surface area contributed by atoms with Gasteiger partial charge in [0.1, 0.15) is 58.4 Å². The normalized spacial score (nSPS) is 11.6. The van der Waals surface area contributed by atoms with Gasteiger partial charge in [-0.1, -0.05) is 30.3 Å². The van der Waals surface area contributed by atoms with Gasteiger partial charge in [0, 0.05) is 17.0 Å². The van der Waals surface area contributed by atoms with Crippen LogP contribution in [0, 0.1) is 116 Å². The van der Waals surface area contributed by atoms with Crippen LogP contribution in [0.25, 0.3) is 10.8 Å². The van der Waals surface area contributed by atoms with E-state index in [0.717, 1.165) is 5.39 Å². The smallest absolute Gasteiger partial charge is 0.373 e. The van der Waals surface area contributed by atoms with Crippen molar-refractivity contribution in [2.24, 2.45) is 0 Å². The maximum atomic E-state index is 15.4. The first-order chi connectivity index (χ1) is 30.8. The molecule has 66 heavy (non-hydrogen) atoms. The van der Waals surface area contributed by atoms with Gasteiger partial charge in [-0.25, -0.2) is 87.8 Å². The molecule has 0 spiro atoms. The van der Waals surface area contributed by atoms with Crippen LogP contribution in [0.1, 0.15) is 10.4 Å². The van der Waals surface area contributed by atoms with Crippen molar-refractivity contribution in [1.82, 2.24) is 0 Å². The number of aromatic hydroxyl groups is 2. The predicted octanol–water partition coefficient (Wildman–Crippen LogP) is 8.27. The summed E-state index contributed by atoms with van der Waals surface area (Å²) in [6.45, 7) is 0.0622. The van der Waals surface area contributed by atoms with E-state index in [1.54, 1.807) is 48.7 Å². The average Bonchev–Trinajstić information content (AvgIpc) is 3.30. The number of rotatable bonds is 7. The Bertz CT molecular complexity index is 2790. The van der Waals surface area contributed by atoms with Gasteiger partial charge in [0.15, 0.2) is 76.0 Å². The summed E-state index contributed by atoms with van der Waals surface area (Å²) in [5, 5.41) is 21.0. The van der Waals surface area contributed by atoms with E-state index in [1.165, 1.54) is 10.6 Å². The number of halogens is 20. The first-order valence-electron chi connectivity index (χ1n) is 17.5. The van der Waals surface area contributed by atoms with Crippen molar-refractivity contribution >= 4 is 44.6 Å². The number of hydrogen-bond donors (Lipinski definition) is 2. The summed E-state index contributed by atoms with van der Waals surface area (Å²) in [6, 6.07) is 15.4. The average molecular weight is 959 g/mol. The van der Waals surface area contributed by atoms with Crippen molar-refractivity contribution in [3.8, 4) is 11.6 Å². The molecule has 0 radical (unpaired) electrons. The van der Waals surface area contributed by atoms with Crippen LogP contribution in [-0.2, 0) is 6.54 Å². The van der Waals surface area contributed by atoms with Crippen molar-refractivity contribution in [1.29, 1.82) is 0 Å². The quantitative estimate of drug-likeness (QED) is 0.0423. The number of aromatic nitrogens is 1. The summed E-state index contributed by atoms with van der Waals surface area (Å²) < 4.78 is 295. The number of Topliss-reactive ketones (excluding diaryl/α,β-unsaturated/α-hetero) is 1. The standard InChI is InChI=1S/C24BF20.C17H13NO3/c26-5-1(6(27)14(35)21(42)13(5)34)25(2-7(28)15(36)22(43)16(37)8(2)29,3-9(30)17(38)23(44)18(39)10(3)31)4-11(32)19(40)24(45)20(41)12(4)33;19-14-6-7-15-13(10-14)8-9-18(17(15)21)11-16(20)12-4-2-1-3-5-12/h;1-10H,11H2,(H,19,21)/q-1;/p+1. The Kier molecular flexibility index (Phi) is 12.8. The Morgan fingerprint density at radius 3 is 1.03 bits per heavy atom. The summed E-state index contributed by atoms with van der Waals surface area (Å²) in [5.41, 5.74) is -13.7. The summed E-state index contributed by atoms with van der Waals surface area (Å²) in [4.78, 5) is 12.2. The molecule has 344 valence electrons. The van der Waals surface area contributed by atoms with E-state index in [-0.39, 0.29) is 24.0 Å². The monoisotopic (exact) mass is 959 g/mol. The summed E-state index contributed by atoms with van der Waals surface area (Å²) in [7, 11) is 0. The molecule has 0 saturated carbocycles. The lowest BCUT2D eigenvalue weighted by atomic mass is 9.12. The molecule has 0 aliphatic heterocycles. The molecule has 0 aliphatic rings. The SMILES string of the molecule is Fc1c(F)c(F)c([B-](c2c(F)c(F)c(F)c(F)c2F)(c2c(F)c(F)c(F)c(F)c2F)c2c(F)c(F)c(F)c(F)c2F)c(F)c1F.O=C(C[n+]1ccc2cc(O)ccc2c1O)c1ccccc1. The number of pyridine rings is 1. The number of carbonyl (C=O) groups is 1. The van der Waals surface area contributed by atoms with E-state index in [0.29, 0.717) is 10.9 Å². The van der Waals surface area contributed by atoms with Crippen molar-refractivity contribution < 1.29 is 107 Å². The highest BCUT2D eigenvalue weighted by Crippen LogP contribution is 2.31. The Balaban J connectivity index is 0.000000284. The largest absolute Gasteiger partial charge is 0.508 e. The van der Waals surface area contributed by atoms with Gasteiger partial charge in [0.25, 0.3) is 0 Å². The molecule has 7 aromatic rings. The topological polar surface area (TPSA) is 61.4 Å². The molecule has 7 rings (SSSR count). The molecule has 0 aliphatic carbocycles. The second-order valence-electron chi connectivity index (χ2n) is 13.6. The molecule has 25 heteroatoms. The second kappa shape index (κ2) is 17.6. The summed E-state index contributed by atoms with van der Waals surface area (Å²) in [6.07, 6.45) is -5.58. The van der Waals surface area contributed by atoms with Gasteiger partial charge in [0.2, 0.25) is 12.3 Å². The van der Waals surface area contributed by atoms with Crippen molar-refractivity contribution in [2.45, 2.75) is 6.54 Å². The molecule has 0 fully saturated rings. The minimum atomic E-state index is -7.22. The van der Waals surface area contributed by atoms with Crippen molar-refractivity contribution in [2.75, 3.05) is 0 Å². The van der Waals surface area contributed by atoms with E-state index in [1.807, 2.05) is 6.07 Å². The van der Waals surface area contributed by atoms with Crippen LogP contribution in [0.3, 0.4) is 0 Å². The van der Waals surface area contributed by atoms with Crippen molar-refractivity contribution in [3.05, 3.63) is 183 Å². The minimum Gasteiger partial charge on any atom is -0.508 e. The molecule has 1 heterocycles. The third kappa shape index (κ3) is 7.34. The first-order valence-corrected chi connectivity index (χ1v) is 17.5. The van der Waals surface area contributed by atoms with E-state index in [9.17, 15) is 67.7 Å². The van der Waals surface area contributed by atoms with E-state index in [4.69, 9.17) is 0 Å². The Hall–Kier alpha value is -7.34. The third-order valence-corrected chi connectivity index (χ3v) is 10.1. The fourth-order valence-electron chi connectivity index (χ4n) is 7.16. The predicted molar refractivity (Wildman–Crippen MR) is 187 cm³/mol. The highest BCUT2D eigenvalue weighted by molar-refractivity contribution is 7.20. The molecule has 0 atom stereocenters. The minimum absolute atomic E-state index is 0.0109. The van der Waals surface area contributed by atoms with Crippen LogP contribution >= 0.6 is 0 Å². The van der Waals surface area contributed by atoms with Crippen LogP contribution in [-0.4, -0.2) is 22.1 Å². The van der Waals surface area contributed by atoms with Gasteiger partial charge in [-0.3, -0.25) is 4.79 Å². The lowest BCUT2D eigenvalue weighted by molar-refractivity contribution is -0.687.